The number of aliphatic hydroxyl groups is 1. The fourth-order valence-corrected chi connectivity index (χ4v) is 6.14. The molecule has 0 amide bonds. The van der Waals surface area contributed by atoms with Crippen LogP contribution in [0.15, 0.2) is 0 Å². The maximum atomic E-state index is 13.1. The molecule has 0 bridgehead atoms. The molecule has 214 valence electrons. The Morgan fingerprint density at radius 3 is 1.83 bits per heavy atom. The first-order valence-electron chi connectivity index (χ1n) is 14.2. The summed E-state index contributed by atoms with van der Waals surface area (Å²) in [5.74, 6) is -0.986. The highest BCUT2D eigenvalue weighted by Gasteiger charge is 2.38. The van der Waals surface area contributed by atoms with Crippen molar-refractivity contribution >= 4 is 25.2 Å². The molecule has 0 aliphatic rings. The van der Waals surface area contributed by atoms with Crippen LogP contribution in [-0.2, 0) is 29.6 Å². The normalized spacial score (nSPS) is 16.0. The van der Waals surface area contributed by atoms with Gasteiger partial charge in [0.25, 0.3) is 0 Å². The molecule has 2 N–H and O–H groups in total. The van der Waals surface area contributed by atoms with Crippen LogP contribution in [0, 0.1) is 0 Å². The molecule has 36 heavy (non-hydrogen) atoms. The Morgan fingerprint density at radius 1 is 0.833 bits per heavy atom. The van der Waals surface area contributed by atoms with Gasteiger partial charge in [0.05, 0.1) is 18.0 Å². The van der Waals surface area contributed by atoms with Gasteiger partial charge in [-0.1, -0.05) is 104 Å². The van der Waals surface area contributed by atoms with Gasteiger partial charge in [0, 0.05) is 23.2 Å². The lowest BCUT2D eigenvalue weighted by Gasteiger charge is -2.24. The summed E-state index contributed by atoms with van der Waals surface area (Å²) in [6.07, 6.45) is 19.4. The van der Waals surface area contributed by atoms with Gasteiger partial charge < -0.3 is 19.7 Å². The number of aliphatic carboxylic acids is 1. The van der Waals surface area contributed by atoms with Crippen LogP contribution in [0.2, 0.25) is 0 Å². The number of ether oxygens (including phenoxy) is 2. The minimum absolute atomic E-state index is 0.0257. The number of hydrogen-bond donors (Lipinski definition) is 2. The van der Waals surface area contributed by atoms with Crippen molar-refractivity contribution in [3.63, 3.8) is 0 Å². The average Bonchev–Trinajstić information content (AvgIpc) is 2.86. The molecule has 7 nitrogen and oxygen atoms in total. The van der Waals surface area contributed by atoms with Gasteiger partial charge in [0.15, 0.2) is 0 Å². The second-order valence-electron chi connectivity index (χ2n) is 9.79. The van der Waals surface area contributed by atoms with Crippen molar-refractivity contribution in [3.8, 4) is 0 Å². The van der Waals surface area contributed by atoms with E-state index in [0.29, 0.717) is 12.2 Å². The molecule has 0 saturated carbocycles. The van der Waals surface area contributed by atoms with Gasteiger partial charge in [-0.05, 0) is 26.2 Å². The Kier molecular flexibility index (Phi) is 23.4. The number of carbonyl (C=O) groups is 1. The van der Waals surface area contributed by atoms with Crippen LogP contribution in [0.1, 0.15) is 130 Å². The molecule has 4 unspecified atom stereocenters. The summed E-state index contributed by atoms with van der Waals surface area (Å²) >= 11 is 0. The topological polar surface area (TPSA) is 110 Å². The van der Waals surface area contributed by atoms with E-state index in [1.807, 2.05) is 6.92 Å². The van der Waals surface area contributed by atoms with Crippen molar-refractivity contribution in [3.05, 3.63) is 0 Å². The van der Waals surface area contributed by atoms with Crippen molar-refractivity contribution in [2.24, 2.45) is 0 Å². The predicted octanol–water partition coefficient (Wildman–Crippen LogP) is 7.22. The van der Waals surface area contributed by atoms with Crippen LogP contribution in [-0.4, -0.2) is 56.2 Å². The number of carboxylic acid groups (broad SMARTS) is 1. The lowest BCUT2D eigenvalue weighted by molar-refractivity contribution is -0.190. The molecule has 0 saturated heterocycles. The maximum Gasteiger partial charge on any atom is 0.377 e. The highest BCUT2D eigenvalue weighted by atomic mass is 32.2. The molecule has 9 heteroatoms. The SMILES string of the molecule is CCCCCCCCCCCCS(=O)C(CCCCCCC)C(C)OCCCOC(O)(P=O)C(=O)O. The second-order valence-corrected chi connectivity index (χ2v) is 12.4. The van der Waals surface area contributed by atoms with E-state index in [4.69, 9.17) is 14.6 Å². The van der Waals surface area contributed by atoms with Crippen LogP contribution < -0.4 is 0 Å². The van der Waals surface area contributed by atoms with E-state index in [1.54, 1.807) is 0 Å². The monoisotopic (exact) mass is 552 g/mol. The summed E-state index contributed by atoms with van der Waals surface area (Å²) in [4.78, 5) is 10.9. The molecule has 0 aliphatic heterocycles. The van der Waals surface area contributed by atoms with Crippen molar-refractivity contribution < 1.29 is 33.3 Å². The zero-order valence-corrected chi connectivity index (χ0v) is 24.8. The Balaban J connectivity index is 4.38. The maximum absolute atomic E-state index is 13.1. The molecular formula is C27H53O7PS. The van der Waals surface area contributed by atoms with Crippen molar-refractivity contribution in [1.29, 1.82) is 0 Å². The Bertz CT molecular complexity index is 578. The molecule has 0 radical (unpaired) electrons. The van der Waals surface area contributed by atoms with E-state index in [-0.39, 0.29) is 24.6 Å². The van der Waals surface area contributed by atoms with Gasteiger partial charge in [0.2, 0.25) is 8.46 Å². The van der Waals surface area contributed by atoms with Crippen LogP contribution in [0.25, 0.3) is 0 Å². The zero-order valence-electron chi connectivity index (χ0n) is 23.1. The van der Waals surface area contributed by atoms with Crippen LogP contribution >= 0.6 is 8.46 Å². The summed E-state index contributed by atoms with van der Waals surface area (Å²) in [5, 5.41) is 18.4. The predicted molar refractivity (Wildman–Crippen MR) is 148 cm³/mol. The zero-order chi connectivity index (χ0) is 27.1. The number of hydrogen-bond acceptors (Lipinski definition) is 6. The molecule has 0 rings (SSSR count). The fourth-order valence-electron chi connectivity index (χ4n) is 4.19. The van der Waals surface area contributed by atoms with E-state index in [9.17, 15) is 18.7 Å². The third kappa shape index (κ3) is 18.0. The quantitative estimate of drug-likeness (QED) is 0.0629. The molecule has 0 aromatic rings. The van der Waals surface area contributed by atoms with Crippen LogP contribution in [0.4, 0.5) is 0 Å². The molecule has 0 fully saturated rings. The van der Waals surface area contributed by atoms with Crippen molar-refractivity contribution in [1.82, 2.24) is 0 Å². The third-order valence-electron chi connectivity index (χ3n) is 6.53. The fraction of sp³-hybridized carbons (Fsp3) is 0.963. The lowest BCUT2D eigenvalue weighted by Crippen LogP contribution is -2.36. The van der Waals surface area contributed by atoms with Gasteiger partial charge in [0.1, 0.15) is 0 Å². The number of rotatable bonds is 27. The molecule has 0 aromatic carbocycles. The highest BCUT2D eigenvalue weighted by molar-refractivity contribution is 7.85. The van der Waals surface area contributed by atoms with Gasteiger partial charge in [-0.15, -0.1) is 0 Å². The lowest BCUT2D eigenvalue weighted by atomic mass is 10.1. The van der Waals surface area contributed by atoms with Gasteiger partial charge >= 0.3 is 11.5 Å². The average molecular weight is 553 g/mol. The van der Waals surface area contributed by atoms with E-state index in [0.717, 1.165) is 32.1 Å². The third-order valence-corrected chi connectivity index (χ3v) is 9.08. The molecule has 0 spiro atoms. The van der Waals surface area contributed by atoms with E-state index >= 15 is 0 Å². The standard InChI is InChI=1S/C27H53O7PS/c1-4-6-8-10-11-12-13-14-16-18-23-36(32)25(20-17-15-9-7-5-2)24(3)33-21-19-22-34-27(30,35-31)26(28)29/h24-25,30H,4-23H2,1-3H3,(H,28,29). The van der Waals surface area contributed by atoms with Gasteiger partial charge in [-0.2, -0.15) is 0 Å². The van der Waals surface area contributed by atoms with Crippen LogP contribution in [0.3, 0.4) is 0 Å². The van der Waals surface area contributed by atoms with Gasteiger partial charge in [-0.3, -0.25) is 8.77 Å². The minimum Gasteiger partial charge on any atom is -0.477 e. The number of unbranched alkanes of at least 4 members (excludes halogenated alkanes) is 13. The largest absolute Gasteiger partial charge is 0.477 e. The van der Waals surface area contributed by atoms with E-state index in [2.05, 4.69) is 13.8 Å². The highest BCUT2D eigenvalue weighted by Crippen LogP contribution is 2.22. The van der Waals surface area contributed by atoms with Gasteiger partial charge in [-0.25, -0.2) is 4.79 Å². The van der Waals surface area contributed by atoms with E-state index < -0.39 is 30.8 Å². The summed E-state index contributed by atoms with van der Waals surface area (Å²) in [6.45, 7) is 6.57. The Morgan fingerprint density at radius 2 is 1.33 bits per heavy atom. The van der Waals surface area contributed by atoms with Crippen molar-refractivity contribution in [2.75, 3.05) is 19.0 Å². The first-order valence-corrected chi connectivity index (χ1v) is 16.4. The molecule has 4 atom stereocenters. The summed E-state index contributed by atoms with van der Waals surface area (Å²) in [6, 6.07) is 0. The summed E-state index contributed by atoms with van der Waals surface area (Å²) in [5.41, 5.74) is -2.72. The van der Waals surface area contributed by atoms with Crippen molar-refractivity contribution in [2.45, 2.75) is 147 Å². The Hall–Kier alpha value is -0.400. The summed E-state index contributed by atoms with van der Waals surface area (Å²) < 4.78 is 34.8. The Labute approximate surface area is 224 Å². The summed E-state index contributed by atoms with van der Waals surface area (Å²) in [7, 11) is -1.97. The van der Waals surface area contributed by atoms with Crippen LogP contribution in [0.5, 0.6) is 0 Å². The molecule has 0 aromatic heterocycles. The molecular weight excluding hydrogens is 499 g/mol. The minimum atomic E-state index is -2.72. The number of carboxylic acids is 1. The second kappa shape index (κ2) is 23.7. The molecule has 0 aliphatic carbocycles. The molecule has 0 heterocycles. The van der Waals surface area contributed by atoms with E-state index in [1.165, 1.54) is 70.6 Å². The smallest absolute Gasteiger partial charge is 0.377 e. The first kappa shape index (κ1) is 35.6. The first-order chi connectivity index (χ1) is 17.3.